The quantitative estimate of drug-likeness (QED) is 0.790. The van der Waals surface area contributed by atoms with Gasteiger partial charge >= 0.3 is 0 Å². The Hall–Kier alpha value is -1.75. The minimum absolute atomic E-state index is 0.0000555. The second-order valence-electron chi connectivity index (χ2n) is 5.25. The molecule has 1 saturated heterocycles. The molecule has 1 aromatic rings. The van der Waals surface area contributed by atoms with Gasteiger partial charge in [0, 0.05) is 51.5 Å². The van der Waals surface area contributed by atoms with Crippen LogP contribution in [0.15, 0.2) is 24.3 Å². The summed E-state index contributed by atoms with van der Waals surface area (Å²) in [4.78, 5) is 29.4. The predicted octanol–water partition coefficient (Wildman–Crippen LogP) is 1.28. The normalized spacial score (nSPS) is 15.0. The van der Waals surface area contributed by atoms with Crippen molar-refractivity contribution in [2.75, 3.05) is 51.1 Å². The number of carbonyl (C=O) groups is 2. The van der Waals surface area contributed by atoms with E-state index in [0.29, 0.717) is 31.7 Å². The lowest BCUT2D eigenvalue weighted by Gasteiger charge is -2.34. The first-order valence-electron chi connectivity index (χ1n) is 6.93. The van der Waals surface area contributed by atoms with Crippen LogP contribution in [-0.4, -0.2) is 67.8 Å². The highest BCUT2D eigenvalue weighted by molar-refractivity contribution is 6.27. The molecule has 0 aromatic heterocycles. The molecule has 1 aliphatic heterocycles. The van der Waals surface area contributed by atoms with Gasteiger partial charge in [-0.2, -0.15) is 0 Å². The van der Waals surface area contributed by atoms with Gasteiger partial charge in [-0.05, 0) is 24.3 Å². The fourth-order valence-electron chi connectivity index (χ4n) is 2.33. The molecule has 114 valence electrons. The molecule has 1 fully saturated rings. The van der Waals surface area contributed by atoms with Crippen LogP contribution in [0.3, 0.4) is 0 Å². The Bertz CT molecular complexity index is 508. The molecule has 0 unspecified atom stereocenters. The molecule has 0 spiro atoms. The van der Waals surface area contributed by atoms with Crippen molar-refractivity contribution >= 4 is 29.1 Å². The van der Waals surface area contributed by atoms with E-state index in [1.165, 1.54) is 0 Å². The first-order chi connectivity index (χ1) is 10.0. The van der Waals surface area contributed by atoms with E-state index < -0.39 is 0 Å². The maximum Gasteiger partial charge on any atom is 0.253 e. The molecule has 0 saturated carbocycles. The number of piperazine rings is 1. The zero-order chi connectivity index (χ0) is 15.4. The molecule has 1 aliphatic rings. The maximum absolute atomic E-state index is 12.4. The van der Waals surface area contributed by atoms with Crippen molar-refractivity contribution in [3.8, 4) is 0 Å². The number of nitrogens with zero attached hydrogens (tertiary/aromatic N) is 3. The van der Waals surface area contributed by atoms with Gasteiger partial charge < -0.3 is 14.7 Å². The summed E-state index contributed by atoms with van der Waals surface area (Å²) < 4.78 is 0. The summed E-state index contributed by atoms with van der Waals surface area (Å²) in [6, 6.07) is 7.54. The number of benzene rings is 1. The van der Waals surface area contributed by atoms with Crippen LogP contribution < -0.4 is 4.90 Å². The molecule has 0 N–H and O–H groups in total. The third-order valence-corrected chi connectivity index (χ3v) is 3.89. The van der Waals surface area contributed by atoms with E-state index in [1.807, 2.05) is 43.3 Å². The molecule has 0 atom stereocenters. The number of rotatable bonds is 3. The van der Waals surface area contributed by atoms with E-state index >= 15 is 0 Å². The van der Waals surface area contributed by atoms with Gasteiger partial charge in [-0.3, -0.25) is 9.59 Å². The first-order valence-corrected chi connectivity index (χ1v) is 7.47. The average Bonchev–Trinajstić information content (AvgIpc) is 2.53. The lowest BCUT2D eigenvalue weighted by Crippen LogP contribution is -2.50. The Morgan fingerprint density at radius 3 is 2.05 bits per heavy atom. The summed E-state index contributed by atoms with van der Waals surface area (Å²) in [7, 11) is 3.92. The largest absolute Gasteiger partial charge is 0.378 e. The van der Waals surface area contributed by atoms with Gasteiger partial charge in [-0.25, -0.2) is 0 Å². The predicted molar refractivity (Wildman–Crippen MR) is 84.0 cm³/mol. The Labute approximate surface area is 130 Å². The van der Waals surface area contributed by atoms with Gasteiger partial charge in [0.15, 0.2) is 0 Å². The fraction of sp³-hybridized carbons (Fsp3) is 0.467. The van der Waals surface area contributed by atoms with Crippen molar-refractivity contribution in [2.45, 2.75) is 0 Å². The number of anilines is 1. The van der Waals surface area contributed by atoms with Crippen molar-refractivity contribution in [3.05, 3.63) is 29.8 Å². The summed E-state index contributed by atoms with van der Waals surface area (Å²) in [5, 5.41) is 0. The molecule has 0 bridgehead atoms. The molecule has 21 heavy (non-hydrogen) atoms. The van der Waals surface area contributed by atoms with E-state index in [2.05, 4.69) is 0 Å². The van der Waals surface area contributed by atoms with Crippen LogP contribution in [0, 0.1) is 0 Å². The van der Waals surface area contributed by atoms with Gasteiger partial charge in [-0.15, -0.1) is 11.6 Å². The van der Waals surface area contributed by atoms with Crippen molar-refractivity contribution in [1.82, 2.24) is 9.80 Å². The highest BCUT2D eigenvalue weighted by atomic mass is 35.5. The maximum atomic E-state index is 12.4. The van der Waals surface area contributed by atoms with Crippen LogP contribution in [0.5, 0.6) is 0 Å². The van der Waals surface area contributed by atoms with Crippen LogP contribution in [0.25, 0.3) is 0 Å². The van der Waals surface area contributed by atoms with Crippen molar-refractivity contribution < 1.29 is 9.59 Å². The van der Waals surface area contributed by atoms with E-state index in [-0.39, 0.29) is 17.7 Å². The first kappa shape index (κ1) is 15.6. The topological polar surface area (TPSA) is 43.9 Å². The zero-order valence-electron chi connectivity index (χ0n) is 12.4. The number of carbonyl (C=O) groups excluding carboxylic acids is 2. The lowest BCUT2D eigenvalue weighted by molar-refractivity contribution is -0.129. The molecule has 5 nitrogen and oxygen atoms in total. The lowest BCUT2D eigenvalue weighted by atomic mass is 10.1. The third-order valence-electron chi connectivity index (χ3n) is 3.66. The fourth-order valence-corrected chi connectivity index (χ4v) is 2.50. The van der Waals surface area contributed by atoms with Gasteiger partial charge in [0.25, 0.3) is 5.91 Å². The van der Waals surface area contributed by atoms with Gasteiger partial charge in [0.1, 0.15) is 5.88 Å². The van der Waals surface area contributed by atoms with Crippen LogP contribution >= 0.6 is 11.6 Å². The molecule has 1 aromatic carbocycles. The minimum atomic E-state index is -0.0703. The molecule has 6 heteroatoms. The summed E-state index contributed by atoms with van der Waals surface area (Å²) in [6.07, 6.45) is 0. The van der Waals surface area contributed by atoms with Crippen LogP contribution in [-0.2, 0) is 4.79 Å². The number of hydrogen-bond donors (Lipinski definition) is 0. The second kappa shape index (κ2) is 6.80. The van der Waals surface area contributed by atoms with Crippen molar-refractivity contribution in [1.29, 1.82) is 0 Å². The molecule has 0 radical (unpaired) electrons. The molecule has 2 amide bonds. The zero-order valence-corrected chi connectivity index (χ0v) is 13.1. The highest BCUT2D eigenvalue weighted by Crippen LogP contribution is 2.15. The number of amides is 2. The summed E-state index contributed by atoms with van der Waals surface area (Å²) in [6.45, 7) is 2.20. The summed E-state index contributed by atoms with van der Waals surface area (Å²) in [5.41, 5.74) is 1.74. The monoisotopic (exact) mass is 309 g/mol. The smallest absolute Gasteiger partial charge is 0.253 e. The molecular weight excluding hydrogens is 290 g/mol. The number of halogens is 1. The standard InChI is InChI=1S/C15H20ClN3O2/c1-17(2)13-5-3-12(4-6-13)15(21)19-9-7-18(8-10-19)14(20)11-16/h3-6H,7-11H2,1-2H3. The highest BCUT2D eigenvalue weighted by Gasteiger charge is 2.24. The van der Waals surface area contributed by atoms with Gasteiger partial charge in [-0.1, -0.05) is 0 Å². The SMILES string of the molecule is CN(C)c1ccc(C(=O)N2CCN(C(=O)CCl)CC2)cc1. The third kappa shape index (κ3) is 3.67. The number of alkyl halides is 1. The average molecular weight is 310 g/mol. The Kier molecular flexibility index (Phi) is 5.07. The van der Waals surface area contributed by atoms with Crippen LogP contribution in [0.1, 0.15) is 10.4 Å². The molecular formula is C15H20ClN3O2. The van der Waals surface area contributed by atoms with E-state index in [4.69, 9.17) is 11.6 Å². The Morgan fingerprint density at radius 1 is 1.05 bits per heavy atom. The number of hydrogen-bond acceptors (Lipinski definition) is 3. The summed E-state index contributed by atoms with van der Waals surface area (Å²) in [5.74, 6) is -0.0580. The molecule has 2 rings (SSSR count). The second-order valence-corrected chi connectivity index (χ2v) is 5.52. The van der Waals surface area contributed by atoms with E-state index in [9.17, 15) is 9.59 Å². The van der Waals surface area contributed by atoms with Crippen molar-refractivity contribution in [3.63, 3.8) is 0 Å². The van der Waals surface area contributed by atoms with Crippen LogP contribution in [0.2, 0.25) is 0 Å². The van der Waals surface area contributed by atoms with Crippen LogP contribution in [0.4, 0.5) is 5.69 Å². The Morgan fingerprint density at radius 2 is 1.57 bits per heavy atom. The molecule has 1 heterocycles. The van der Waals surface area contributed by atoms with Gasteiger partial charge in [0.05, 0.1) is 0 Å². The van der Waals surface area contributed by atoms with E-state index in [0.717, 1.165) is 5.69 Å². The summed E-state index contributed by atoms with van der Waals surface area (Å²) >= 11 is 5.54. The van der Waals surface area contributed by atoms with Crippen molar-refractivity contribution in [2.24, 2.45) is 0 Å². The Balaban J connectivity index is 1.97. The molecule has 0 aliphatic carbocycles. The van der Waals surface area contributed by atoms with E-state index in [1.54, 1.807) is 9.80 Å². The van der Waals surface area contributed by atoms with Gasteiger partial charge in [0.2, 0.25) is 5.91 Å². The minimum Gasteiger partial charge on any atom is -0.378 e.